The van der Waals surface area contributed by atoms with Crippen LogP contribution < -0.4 is 10.6 Å². The Morgan fingerprint density at radius 2 is 1.93 bits per heavy atom. The summed E-state index contributed by atoms with van der Waals surface area (Å²) < 4.78 is 10.9. The lowest BCUT2D eigenvalue weighted by Gasteiger charge is -2.27. The van der Waals surface area contributed by atoms with Crippen LogP contribution in [0, 0.1) is 6.92 Å². The van der Waals surface area contributed by atoms with Crippen LogP contribution in [0.4, 0.5) is 0 Å². The van der Waals surface area contributed by atoms with Gasteiger partial charge in [-0.1, -0.05) is 29.3 Å². The van der Waals surface area contributed by atoms with Gasteiger partial charge in [0.2, 0.25) is 0 Å². The molecule has 0 unspecified atom stereocenters. The van der Waals surface area contributed by atoms with Crippen molar-refractivity contribution >= 4 is 51.7 Å². The molecule has 3 aromatic rings. The van der Waals surface area contributed by atoms with Gasteiger partial charge in [-0.25, -0.2) is 9.97 Å². The first-order valence-corrected chi connectivity index (χ1v) is 10.4. The van der Waals surface area contributed by atoms with Gasteiger partial charge in [-0.05, 0) is 55.4 Å². The molecule has 0 saturated heterocycles. The number of H-pyrrole nitrogens is 1. The molecule has 2 aromatic heterocycles. The predicted octanol–water partition coefficient (Wildman–Crippen LogP) is 3.77. The first-order chi connectivity index (χ1) is 14.4. The van der Waals surface area contributed by atoms with Crippen molar-refractivity contribution in [3.05, 3.63) is 57.5 Å². The molecule has 2 heterocycles. The Morgan fingerprint density at radius 3 is 2.63 bits per heavy atom. The number of rotatable bonds is 8. The topological polar surface area (TPSA) is 84.1 Å². The van der Waals surface area contributed by atoms with Crippen LogP contribution in [0.3, 0.4) is 0 Å². The van der Waals surface area contributed by atoms with E-state index < -0.39 is 6.29 Å². The number of methoxy groups -OCH3 is 2. The van der Waals surface area contributed by atoms with E-state index in [0.29, 0.717) is 33.8 Å². The summed E-state index contributed by atoms with van der Waals surface area (Å²) in [7, 11) is 3.15. The van der Waals surface area contributed by atoms with Crippen LogP contribution in [0.15, 0.2) is 30.3 Å². The van der Waals surface area contributed by atoms with Crippen LogP contribution in [-0.4, -0.2) is 46.6 Å². The zero-order chi connectivity index (χ0) is 21.7. The highest BCUT2D eigenvalue weighted by Crippen LogP contribution is 2.23. The summed E-state index contributed by atoms with van der Waals surface area (Å²) in [6.07, 6.45) is -0.00673. The second-order valence-electron chi connectivity index (χ2n) is 6.72. The molecule has 0 bridgehead atoms. The molecule has 0 amide bonds. The summed E-state index contributed by atoms with van der Waals surface area (Å²) in [5, 5.41) is 7.99. The fourth-order valence-electron chi connectivity index (χ4n) is 3.07. The Kier molecular flexibility index (Phi) is 7.85. The molecule has 0 radical (unpaired) electrons. The standard InChI is InChI=1S/C20H23Cl2N5O2S/c1-11-4-7-15-18(24-11)27-17(25-15)10-23-20(30)26-16(19(28-2)29-3)8-12-5-6-13(21)9-14(12)22/h4-7,9,16,19H,8,10H2,1-3H3,(H2,23,26,30)(H,24,25,27)/t16-/m0/s1. The molecule has 0 saturated carbocycles. The van der Waals surface area contributed by atoms with Gasteiger partial charge in [0.1, 0.15) is 5.82 Å². The van der Waals surface area contributed by atoms with Crippen molar-refractivity contribution in [3.63, 3.8) is 0 Å². The first kappa shape index (κ1) is 22.7. The smallest absolute Gasteiger partial charge is 0.178 e. The van der Waals surface area contributed by atoms with Crippen molar-refractivity contribution in [2.45, 2.75) is 32.2 Å². The summed E-state index contributed by atoms with van der Waals surface area (Å²) in [6, 6.07) is 8.99. The third-order valence-electron chi connectivity index (χ3n) is 4.52. The predicted molar refractivity (Wildman–Crippen MR) is 123 cm³/mol. The van der Waals surface area contributed by atoms with Gasteiger partial charge in [0, 0.05) is 30.0 Å². The van der Waals surface area contributed by atoms with Crippen molar-refractivity contribution in [2.75, 3.05) is 14.2 Å². The molecule has 0 aliphatic rings. The van der Waals surface area contributed by atoms with E-state index >= 15 is 0 Å². The van der Waals surface area contributed by atoms with E-state index in [1.807, 2.05) is 25.1 Å². The lowest BCUT2D eigenvalue weighted by Crippen LogP contribution is -2.49. The van der Waals surface area contributed by atoms with Crippen LogP contribution in [-0.2, 0) is 22.4 Å². The SMILES string of the molecule is COC(OC)[C@H](Cc1ccc(Cl)cc1Cl)NC(=S)NCc1nc2nc(C)ccc2[nH]1. The number of ether oxygens (including phenoxy) is 2. The minimum atomic E-state index is -0.533. The zero-order valence-electron chi connectivity index (χ0n) is 16.8. The molecule has 10 heteroatoms. The van der Waals surface area contributed by atoms with Crippen LogP contribution in [0.5, 0.6) is 0 Å². The Morgan fingerprint density at radius 1 is 1.17 bits per heavy atom. The largest absolute Gasteiger partial charge is 0.356 e. The number of aromatic amines is 1. The number of hydrogen-bond donors (Lipinski definition) is 3. The number of nitrogens with one attached hydrogen (secondary N) is 3. The fourth-order valence-corrected chi connectivity index (χ4v) is 3.78. The number of pyridine rings is 1. The highest BCUT2D eigenvalue weighted by molar-refractivity contribution is 7.80. The maximum Gasteiger partial charge on any atom is 0.178 e. The number of imidazole rings is 1. The van der Waals surface area contributed by atoms with Gasteiger partial charge in [0.15, 0.2) is 17.0 Å². The first-order valence-electron chi connectivity index (χ1n) is 9.25. The summed E-state index contributed by atoms with van der Waals surface area (Å²) in [5.74, 6) is 0.736. The number of nitrogens with zero attached hydrogens (tertiary/aromatic N) is 2. The number of hydrogen-bond acceptors (Lipinski definition) is 5. The molecule has 3 N–H and O–H groups in total. The number of fused-ring (bicyclic) bond motifs is 1. The number of aromatic nitrogens is 3. The third kappa shape index (κ3) is 5.80. The van der Waals surface area contributed by atoms with E-state index in [9.17, 15) is 0 Å². The quantitative estimate of drug-likeness (QED) is 0.343. The van der Waals surface area contributed by atoms with Gasteiger partial charge in [-0.15, -0.1) is 0 Å². The van der Waals surface area contributed by atoms with E-state index in [-0.39, 0.29) is 6.04 Å². The second-order valence-corrected chi connectivity index (χ2v) is 7.97. The van der Waals surface area contributed by atoms with Crippen molar-refractivity contribution in [1.82, 2.24) is 25.6 Å². The normalized spacial score (nSPS) is 12.3. The van der Waals surface area contributed by atoms with Crippen LogP contribution in [0.25, 0.3) is 11.2 Å². The van der Waals surface area contributed by atoms with E-state index in [4.69, 9.17) is 44.9 Å². The van der Waals surface area contributed by atoms with Crippen LogP contribution in [0.2, 0.25) is 10.0 Å². The highest BCUT2D eigenvalue weighted by atomic mass is 35.5. The molecule has 0 spiro atoms. The molecular formula is C20H23Cl2N5O2S. The maximum atomic E-state index is 6.33. The Bertz CT molecular complexity index is 1030. The van der Waals surface area contributed by atoms with E-state index in [2.05, 4.69) is 25.6 Å². The van der Waals surface area contributed by atoms with Gasteiger partial charge >= 0.3 is 0 Å². The number of thiocarbonyl (C=S) groups is 1. The number of benzene rings is 1. The maximum absolute atomic E-state index is 6.33. The molecule has 30 heavy (non-hydrogen) atoms. The average Bonchev–Trinajstić information content (AvgIpc) is 3.11. The minimum Gasteiger partial charge on any atom is -0.356 e. The molecule has 1 aromatic carbocycles. The van der Waals surface area contributed by atoms with Crippen molar-refractivity contribution in [1.29, 1.82) is 0 Å². The monoisotopic (exact) mass is 467 g/mol. The lowest BCUT2D eigenvalue weighted by molar-refractivity contribution is -0.119. The molecule has 160 valence electrons. The number of aryl methyl sites for hydroxylation is 1. The highest BCUT2D eigenvalue weighted by Gasteiger charge is 2.23. The molecule has 0 fully saturated rings. The van der Waals surface area contributed by atoms with Crippen LogP contribution >= 0.6 is 35.4 Å². The summed E-state index contributed by atoms with van der Waals surface area (Å²) >= 11 is 17.8. The van der Waals surface area contributed by atoms with Gasteiger partial charge in [0.05, 0.1) is 18.1 Å². The fraction of sp³-hybridized carbons (Fsp3) is 0.350. The summed E-state index contributed by atoms with van der Waals surface area (Å²) in [4.78, 5) is 12.1. The molecule has 1 atom stereocenters. The zero-order valence-corrected chi connectivity index (χ0v) is 19.2. The summed E-state index contributed by atoms with van der Waals surface area (Å²) in [6.45, 7) is 2.35. The Hall–Kier alpha value is -1.97. The van der Waals surface area contributed by atoms with E-state index in [0.717, 1.165) is 22.6 Å². The second kappa shape index (κ2) is 10.4. The minimum absolute atomic E-state index is 0.279. The number of halogens is 2. The van der Waals surface area contributed by atoms with Gasteiger partial charge in [0.25, 0.3) is 0 Å². The Labute approximate surface area is 190 Å². The van der Waals surface area contributed by atoms with E-state index in [1.54, 1.807) is 26.4 Å². The Balaban J connectivity index is 1.65. The van der Waals surface area contributed by atoms with Crippen LogP contribution in [0.1, 0.15) is 17.1 Å². The van der Waals surface area contributed by atoms with Gasteiger partial charge < -0.3 is 25.1 Å². The van der Waals surface area contributed by atoms with Crippen molar-refractivity contribution < 1.29 is 9.47 Å². The lowest BCUT2D eigenvalue weighted by atomic mass is 10.1. The van der Waals surface area contributed by atoms with Gasteiger partial charge in [-0.3, -0.25) is 0 Å². The van der Waals surface area contributed by atoms with Crippen molar-refractivity contribution in [3.8, 4) is 0 Å². The van der Waals surface area contributed by atoms with Gasteiger partial charge in [-0.2, -0.15) is 0 Å². The molecule has 7 nitrogen and oxygen atoms in total. The summed E-state index contributed by atoms with van der Waals surface area (Å²) in [5.41, 5.74) is 3.38. The average molecular weight is 468 g/mol. The van der Waals surface area contributed by atoms with Crippen molar-refractivity contribution in [2.24, 2.45) is 0 Å². The third-order valence-corrected chi connectivity index (χ3v) is 5.36. The molecule has 0 aliphatic carbocycles. The molecule has 3 rings (SSSR count). The molecule has 0 aliphatic heterocycles. The molecular weight excluding hydrogens is 445 g/mol. The van der Waals surface area contributed by atoms with E-state index in [1.165, 1.54) is 0 Å².